The molecule has 0 unspecified atom stereocenters. The molecule has 0 bridgehead atoms. The number of halogens is 2. The molecule has 3 rings (SSSR count). The number of aromatic nitrogens is 1. The monoisotopic (exact) mass is 361 g/mol. The number of nitrogens with one attached hydrogen (secondary N) is 1. The summed E-state index contributed by atoms with van der Waals surface area (Å²) in [5.41, 5.74) is 10.4. The molecule has 106 valence electrons. The second kappa shape index (κ2) is 5.54. The highest BCUT2D eigenvalue weighted by Gasteiger charge is 2.07. The molecule has 0 saturated heterocycles. The fourth-order valence-electron chi connectivity index (χ4n) is 2.14. The molecule has 1 heterocycles. The molecule has 21 heavy (non-hydrogen) atoms. The summed E-state index contributed by atoms with van der Waals surface area (Å²) in [6, 6.07) is 11.6. The Hall–Kier alpha value is -1.78. The van der Waals surface area contributed by atoms with E-state index in [4.69, 9.17) is 17.3 Å². The lowest BCUT2D eigenvalue weighted by Crippen LogP contribution is -1.96. The summed E-state index contributed by atoms with van der Waals surface area (Å²) >= 11 is 9.58. The Kier molecular flexibility index (Phi) is 3.74. The fourth-order valence-corrected chi connectivity index (χ4v) is 2.65. The van der Waals surface area contributed by atoms with Crippen LogP contribution in [0, 0.1) is 6.92 Å². The van der Waals surface area contributed by atoms with Crippen molar-refractivity contribution in [1.29, 1.82) is 0 Å². The van der Waals surface area contributed by atoms with Gasteiger partial charge in [0.1, 0.15) is 0 Å². The first kappa shape index (κ1) is 14.2. The lowest BCUT2D eigenvalue weighted by molar-refractivity contribution is 1.38. The van der Waals surface area contributed by atoms with Crippen LogP contribution < -0.4 is 11.1 Å². The third kappa shape index (κ3) is 2.82. The van der Waals surface area contributed by atoms with E-state index in [1.165, 1.54) is 0 Å². The molecule has 0 aliphatic heterocycles. The van der Waals surface area contributed by atoms with Crippen LogP contribution in [0.25, 0.3) is 10.9 Å². The molecule has 0 atom stereocenters. The molecule has 0 amide bonds. The number of fused-ring (bicyclic) bond motifs is 1. The lowest BCUT2D eigenvalue weighted by Gasteiger charge is -2.12. The first-order chi connectivity index (χ1) is 10.0. The van der Waals surface area contributed by atoms with Crippen LogP contribution in [0.15, 0.2) is 47.1 Å². The van der Waals surface area contributed by atoms with E-state index in [1.54, 1.807) is 6.20 Å². The fraction of sp³-hybridized carbons (Fsp3) is 0.0625. The summed E-state index contributed by atoms with van der Waals surface area (Å²) in [4.78, 5) is 4.46. The van der Waals surface area contributed by atoms with Gasteiger partial charge in [-0.05, 0) is 58.7 Å². The maximum atomic E-state index is 6.16. The van der Waals surface area contributed by atoms with Gasteiger partial charge in [0.15, 0.2) is 0 Å². The van der Waals surface area contributed by atoms with Crippen LogP contribution in [0.1, 0.15) is 5.56 Å². The smallest absolute Gasteiger partial charge is 0.0958 e. The SMILES string of the molecule is Cc1ccc(Nc2ccc(N)c3cc(Br)cnc23)cc1Cl. The number of hydrogen-bond donors (Lipinski definition) is 2. The van der Waals surface area contributed by atoms with Crippen LogP contribution in [0.5, 0.6) is 0 Å². The number of nitrogen functional groups attached to an aromatic ring is 1. The van der Waals surface area contributed by atoms with Crippen molar-refractivity contribution in [2.75, 3.05) is 11.1 Å². The molecule has 1 aromatic heterocycles. The number of benzene rings is 2. The molecule has 0 aliphatic rings. The number of anilines is 3. The average Bonchev–Trinajstić information content (AvgIpc) is 2.46. The van der Waals surface area contributed by atoms with Crippen molar-refractivity contribution >= 4 is 55.5 Å². The maximum Gasteiger partial charge on any atom is 0.0958 e. The molecule has 3 nitrogen and oxygen atoms in total. The van der Waals surface area contributed by atoms with Gasteiger partial charge in [-0.1, -0.05) is 17.7 Å². The second-order valence-corrected chi connectivity index (χ2v) is 6.16. The molecule has 3 aromatic rings. The van der Waals surface area contributed by atoms with Crippen LogP contribution in [0.3, 0.4) is 0 Å². The zero-order valence-electron chi connectivity index (χ0n) is 11.3. The van der Waals surface area contributed by atoms with Gasteiger partial charge in [0.25, 0.3) is 0 Å². The van der Waals surface area contributed by atoms with Crippen LogP contribution in [0.4, 0.5) is 17.1 Å². The normalized spacial score (nSPS) is 10.8. The molecule has 0 aliphatic carbocycles. The second-order valence-electron chi connectivity index (χ2n) is 4.84. The minimum atomic E-state index is 0.700. The minimum absolute atomic E-state index is 0.700. The molecule has 3 N–H and O–H groups in total. The van der Waals surface area contributed by atoms with Crippen molar-refractivity contribution in [2.24, 2.45) is 0 Å². The van der Waals surface area contributed by atoms with Gasteiger partial charge in [-0.15, -0.1) is 0 Å². The Bertz CT molecular complexity index is 833. The van der Waals surface area contributed by atoms with Gasteiger partial charge in [0.05, 0.1) is 11.2 Å². The van der Waals surface area contributed by atoms with Gasteiger partial charge >= 0.3 is 0 Å². The number of nitrogens with zero attached hydrogens (tertiary/aromatic N) is 1. The van der Waals surface area contributed by atoms with Crippen LogP contribution >= 0.6 is 27.5 Å². The van der Waals surface area contributed by atoms with E-state index in [0.717, 1.165) is 37.3 Å². The summed E-state index contributed by atoms with van der Waals surface area (Å²) in [6.45, 7) is 1.98. The summed E-state index contributed by atoms with van der Waals surface area (Å²) in [5.74, 6) is 0. The highest BCUT2D eigenvalue weighted by Crippen LogP contribution is 2.31. The Labute approximate surface area is 136 Å². The Morgan fingerprint density at radius 2 is 2.00 bits per heavy atom. The highest BCUT2D eigenvalue weighted by molar-refractivity contribution is 9.10. The largest absolute Gasteiger partial charge is 0.398 e. The van der Waals surface area contributed by atoms with E-state index < -0.39 is 0 Å². The number of rotatable bonds is 2. The molecule has 0 spiro atoms. The maximum absolute atomic E-state index is 6.16. The lowest BCUT2D eigenvalue weighted by atomic mass is 10.1. The summed E-state index contributed by atoms with van der Waals surface area (Å²) in [6.07, 6.45) is 1.76. The van der Waals surface area contributed by atoms with E-state index in [1.807, 2.05) is 43.3 Å². The van der Waals surface area contributed by atoms with Gasteiger partial charge in [0, 0.05) is 32.5 Å². The summed E-state index contributed by atoms with van der Waals surface area (Å²) in [5, 5.41) is 4.99. The topological polar surface area (TPSA) is 50.9 Å². The van der Waals surface area contributed by atoms with Crippen molar-refractivity contribution < 1.29 is 0 Å². The van der Waals surface area contributed by atoms with Crippen LogP contribution in [0.2, 0.25) is 5.02 Å². The van der Waals surface area contributed by atoms with E-state index in [0.29, 0.717) is 5.69 Å². The molecule has 0 fully saturated rings. The molecular formula is C16H13BrClN3. The Balaban J connectivity index is 2.08. The first-order valence-electron chi connectivity index (χ1n) is 6.41. The number of hydrogen-bond acceptors (Lipinski definition) is 3. The Morgan fingerprint density at radius 3 is 2.76 bits per heavy atom. The van der Waals surface area contributed by atoms with Crippen molar-refractivity contribution in [3.05, 3.63) is 57.7 Å². The van der Waals surface area contributed by atoms with Gasteiger partial charge in [0.2, 0.25) is 0 Å². The zero-order valence-corrected chi connectivity index (χ0v) is 13.7. The van der Waals surface area contributed by atoms with Crippen LogP contribution in [-0.2, 0) is 0 Å². The number of nitrogens with two attached hydrogens (primary N) is 1. The zero-order chi connectivity index (χ0) is 15.0. The molecule has 0 saturated carbocycles. The van der Waals surface area contributed by atoms with E-state index >= 15 is 0 Å². The highest BCUT2D eigenvalue weighted by atomic mass is 79.9. The standard InChI is InChI=1S/C16H13BrClN3/c1-9-2-3-11(7-13(9)18)21-15-5-4-14(19)12-6-10(17)8-20-16(12)15/h2-8,21H,19H2,1H3. The number of aryl methyl sites for hydroxylation is 1. The molecule has 5 heteroatoms. The van der Waals surface area contributed by atoms with Crippen molar-refractivity contribution in [3.63, 3.8) is 0 Å². The quantitative estimate of drug-likeness (QED) is 0.609. The van der Waals surface area contributed by atoms with Gasteiger partial charge < -0.3 is 11.1 Å². The summed E-state index contributed by atoms with van der Waals surface area (Å²) in [7, 11) is 0. The number of pyridine rings is 1. The molecule has 0 radical (unpaired) electrons. The minimum Gasteiger partial charge on any atom is -0.398 e. The summed E-state index contributed by atoms with van der Waals surface area (Å²) < 4.78 is 0.900. The van der Waals surface area contributed by atoms with Crippen molar-refractivity contribution in [1.82, 2.24) is 4.98 Å². The molecular weight excluding hydrogens is 350 g/mol. The van der Waals surface area contributed by atoms with Gasteiger partial charge in [-0.3, -0.25) is 4.98 Å². The van der Waals surface area contributed by atoms with Crippen molar-refractivity contribution in [3.8, 4) is 0 Å². The Morgan fingerprint density at radius 1 is 1.19 bits per heavy atom. The predicted octanol–water partition coefficient (Wildman–Crippen LogP) is 5.28. The molecule has 2 aromatic carbocycles. The average molecular weight is 363 g/mol. The van der Waals surface area contributed by atoms with E-state index in [2.05, 4.69) is 26.2 Å². The van der Waals surface area contributed by atoms with Crippen LogP contribution in [-0.4, -0.2) is 4.98 Å². The van der Waals surface area contributed by atoms with Gasteiger partial charge in [-0.25, -0.2) is 0 Å². The third-order valence-electron chi connectivity index (χ3n) is 3.30. The van der Waals surface area contributed by atoms with Gasteiger partial charge in [-0.2, -0.15) is 0 Å². The first-order valence-corrected chi connectivity index (χ1v) is 7.58. The van der Waals surface area contributed by atoms with E-state index in [-0.39, 0.29) is 0 Å². The van der Waals surface area contributed by atoms with E-state index in [9.17, 15) is 0 Å². The predicted molar refractivity (Wildman–Crippen MR) is 93.3 cm³/mol. The third-order valence-corrected chi connectivity index (χ3v) is 4.14. The van der Waals surface area contributed by atoms with Crippen molar-refractivity contribution in [2.45, 2.75) is 6.92 Å².